The maximum Gasteiger partial charge on any atom is 0.308 e. The molecule has 2 atom stereocenters. The highest BCUT2D eigenvalue weighted by Crippen LogP contribution is 2.36. The number of rotatable bonds is 5. The monoisotopic (exact) mass is 438 g/mol. The Kier molecular flexibility index (Phi) is 6.49. The maximum atomic E-state index is 12.3. The SMILES string of the molecule is CC(OC(=O)CC1Sc2ccccc2NC1=O)C(=O)Nc1cc(Cl)ccc1Cl. The number of amides is 2. The van der Waals surface area contributed by atoms with E-state index in [1.54, 1.807) is 18.2 Å². The second-order valence-electron chi connectivity index (χ2n) is 6.04. The summed E-state index contributed by atoms with van der Waals surface area (Å²) in [4.78, 5) is 37.5. The van der Waals surface area contributed by atoms with E-state index in [1.165, 1.54) is 24.8 Å². The number of ether oxygens (including phenoxy) is 1. The van der Waals surface area contributed by atoms with E-state index in [4.69, 9.17) is 27.9 Å². The van der Waals surface area contributed by atoms with Gasteiger partial charge in [0.15, 0.2) is 6.10 Å². The Labute approximate surface area is 175 Å². The second kappa shape index (κ2) is 8.86. The maximum absolute atomic E-state index is 12.3. The smallest absolute Gasteiger partial charge is 0.308 e. The molecule has 2 unspecified atom stereocenters. The Morgan fingerprint density at radius 2 is 2.00 bits per heavy atom. The minimum atomic E-state index is -1.06. The number of para-hydroxylation sites is 1. The molecule has 0 saturated carbocycles. The molecule has 1 aliphatic rings. The van der Waals surface area contributed by atoms with Crippen LogP contribution < -0.4 is 10.6 Å². The molecule has 0 radical (unpaired) electrons. The largest absolute Gasteiger partial charge is 0.452 e. The summed E-state index contributed by atoms with van der Waals surface area (Å²) in [7, 11) is 0. The number of anilines is 2. The van der Waals surface area contributed by atoms with Crippen molar-refractivity contribution in [2.75, 3.05) is 10.6 Å². The summed E-state index contributed by atoms with van der Waals surface area (Å²) in [6.45, 7) is 1.44. The van der Waals surface area contributed by atoms with Gasteiger partial charge in [-0.25, -0.2) is 0 Å². The molecule has 0 bridgehead atoms. The average Bonchev–Trinajstić information content (AvgIpc) is 2.65. The molecule has 3 rings (SSSR count). The van der Waals surface area contributed by atoms with E-state index in [-0.39, 0.29) is 12.3 Å². The number of esters is 1. The first-order chi connectivity index (χ1) is 13.3. The molecular formula is C19H16Cl2N2O4S. The number of carbonyl (C=O) groups excluding carboxylic acids is 3. The predicted octanol–water partition coefficient (Wildman–Crippen LogP) is 4.37. The van der Waals surface area contributed by atoms with Gasteiger partial charge in [0.1, 0.15) is 0 Å². The van der Waals surface area contributed by atoms with Gasteiger partial charge in [-0.3, -0.25) is 14.4 Å². The molecule has 1 aliphatic heterocycles. The summed E-state index contributed by atoms with van der Waals surface area (Å²) in [5, 5.41) is 5.42. The van der Waals surface area contributed by atoms with E-state index in [1.807, 2.05) is 18.2 Å². The fraction of sp³-hybridized carbons (Fsp3) is 0.211. The molecule has 9 heteroatoms. The van der Waals surface area contributed by atoms with Crippen molar-refractivity contribution in [3.05, 3.63) is 52.5 Å². The zero-order valence-corrected chi connectivity index (χ0v) is 17.0. The van der Waals surface area contributed by atoms with Crippen molar-refractivity contribution >= 4 is 64.1 Å². The van der Waals surface area contributed by atoms with E-state index >= 15 is 0 Å². The second-order valence-corrected chi connectivity index (χ2v) is 8.13. The van der Waals surface area contributed by atoms with Gasteiger partial charge in [0, 0.05) is 9.92 Å². The van der Waals surface area contributed by atoms with Crippen molar-refractivity contribution in [3.63, 3.8) is 0 Å². The topological polar surface area (TPSA) is 84.5 Å². The third-order valence-electron chi connectivity index (χ3n) is 3.92. The molecular weight excluding hydrogens is 423 g/mol. The standard InChI is InChI=1S/C19H16Cl2N2O4S/c1-10(18(25)23-14-8-11(20)6-7-12(14)21)27-17(24)9-16-19(26)22-13-4-2-3-5-15(13)28-16/h2-8,10,16H,9H2,1H3,(H,22,26)(H,23,25). The molecule has 2 aromatic carbocycles. The third-order valence-corrected chi connectivity index (χ3v) is 5.76. The van der Waals surface area contributed by atoms with Crippen LogP contribution in [0.3, 0.4) is 0 Å². The summed E-state index contributed by atoms with van der Waals surface area (Å²) < 4.78 is 5.17. The highest BCUT2D eigenvalue weighted by atomic mass is 35.5. The van der Waals surface area contributed by atoms with Crippen LogP contribution in [0.25, 0.3) is 0 Å². The van der Waals surface area contributed by atoms with Crippen LogP contribution in [0.4, 0.5) is 11.4 Å². The molecule has 1 heterocycles. The van der Waals surface area contributed by atoms with Crippen LogP contribution in [0.15, 0.2) is 47.4 Å². The Bertz CT molecular complexity index is 938. The minimum absolute atomic E-state index is 0.152. The number of fused-ring (bicyclic) bond motifs is 1. The number of hydrogen-bond donors (Lipinski definition) is 2. The summed E-state index contributed by atoms with van der Waals surface area (Å²) in [5.74, 6) is -1.47. The molecule has 2 amide bonds. The lowest BCUT2D eigenvalue weighted by molar-refractivity contribution is -0.153. The Balaban J connectivity index is 1.56. The van der Waals surface area contributed by atoms with Crippen molar-refractivity contribution in [2.45, 2.75) is 29.6 Å². The number of nitrogens with one attached hydrogen (secondary N) is 2. The number of benzene rings is 2. The zero-order valence-electron chi connectivity index (χ0n) is 14.7. The first kappa shape index (κ1) is 20.5. The van der Waals surface area contributed by atoms with E-state index in [0.29, 0.717) is 21.4 Å². The highest BCUT2D eigenvalue weighted by molar-refractivity contribution is 8.01. The van der Waals surface area contributed by atoms with E-state index in [2.05, 4.69) is 10.6 Å². The third kappa shape index (κ3) is 4.98. The molecule has 2 aromatic rings. The van der Waals surface area contributed by atoms with Crippen molar-refractivity contribution in [3.8, 4) is 0 Å². The van der Waals surface area contributed by atoms with Gasteiger partial charge in [0.2, 0.25) is 5.91 Å². The van der Waals surface area contributed by atoms with Crippen molar-refractivity contribution in [1.82, 2.24) is 0 Å². The minimum Gasteiger partial charge on any atom is -0.452 e. The first-order valence-electron chi connectivity index (χ1n) is 8.35. The van der Waals surface area contributed by atoms with E-state index in [0.717, 1.165) is 4.90 Å². The Morgan fingerprint density at radius 1 is 1.25 bits per heavy atom. The van der Waals surface area contributed by atoms with Gasteiger partial charge in [-0.2, -0.15) is 0 Å². The van der Waals surface area contributed by atoms with Gasteiger partial charge in [-0.15, -0.1) is 11.8 Å². The van der Waals surface area contributed by atoms with Gasteiger partial charge in [0.05, 0.1) is 28.1 Å². The Hall–Kier alpha value is -2.22. The van der Waals surface area contributed by atoms with Crippen LogP contribution in [0.5, 0.6) is 0 Å². The van der Waals surface area contributed by atoms with Crippen LogP contribution in [0, 0.1) is 0 Å². The van der Waals surface area contributed by atoms with Gasteiger partial charge in [-0.1, -0.05) is 35.3 Å². The lowest BCUT2D eigenvalue weighted by atomic mass is 10.2. The van der Waals surface area contributed by atoms with Crippen molar-refractivity contribution in [1.29, 1.82) is 0 Å². The normalized spacial score (nSPS) is 16.5. The van der Waals surface area contributed by atoms with Gasteiger partial charge in [0.25, 0.3) is 5.91 Å². The number of hydrogen-bond acceptors (Lipinski definition) is 5. The van der Waals surface area contributed by atoms with Gasteiger partial charge >= 0.3 is 5.97 Å². The average molecular weight is 439 g/mol. The summed E-state index contributed by atoms with van der Waals surface area (Å²) in [6.07, 6.45) is -1.22. The highest BCUT2D eigenvalue weighted by Gasteiger charge is 2.30. The van der Waals surface area contributed by atoms with Crippen molar-refractivity contribution < 1.29 is 19.1 Å². The van der Waals surface area contributed by atoms with E-state index < -0.39 is 23.2 Å². The van der Waals surface area contributed by atoms with Crippen LogP contribution in [-0.2, 0) is 19.1 Å². The molecule has 0 saturated heterocycles. The summed E-state index contributed by atoms with van der Waals surface area (Å²) in [5.41, 5.74) is 1.04. The molecule has 0 aromatic heterocycles. The fourth-order valence-corrected chi connectivity index (χ4v) is 3.94. The van der Waals surface area contributed by atoms with Crippen LogP contribution in [-0.4, -0.2) is 29.1 Å². The molecule has 2 N–H and O–H groups in total. The predicted molar refractivity (Wildman–Crippen MR) is 110 cm³/mol. The molecule has 6 nitrogen and oxygen atoms in total. The fourth-order valence-electron chi connectivity index (χ4n) is 2.50. The number of carbonyl (C=O) groups is 3. The lowest BCUT2D eigenvalue weighted by Crippen LogP contribution is -2.34. The lowest BCUT2D eigenvalue weighted by Gasteiger charge is -2.23. The van der Waals surface area contributed by atoms with E-state index in [9.17, 15) is 14.4 Å². The zero-order chi connectivity index (χ0) is 20.3. The van der Waals surface area contributed by atoms with Crippen molar-refractivity contribution in [2.24, 2.45) is 0 Å². The van der Waals surface area contributed by atoms with Gasteiger partial charge < -0.3 is 15.4 Å². The van der Waals surface area contributed by atoms with Crippen LogP contribution >= 0.6 is 35.0 Å². The summed E-state index contributed by atoms with van der Waals surface area (Å²) in [6, 6.07) is 12.0. The molecule has 146 valence electrons. The number of halogens is 2. The Morgan fingerprint density at radius 3 is 2.79 bits per heavy atom. The molecule has 28 heavy (non-hydrogen) atoms. The van der Waals surface area contributed by atoms with Gasteiger partial charge in [-0.05, 0) is 37.3 Å². The molecule has 0 aliphatic carbocycles. The quantitative estimate of drug-likeness (QED) is 0.677. The summed E-state index contributed by atoms with van der Waals surface area (Å²) >= 11 is 13.2. The van der Waals surface area contributed by atoms with Crippen LogP contribution in [0.2, 0.25) is 10.0 Å². The first-order valence-corrected chi connectivity index (χ1v) is 9.99. The molecule has 0 fully saturated rings. The van der Waals surface area contributed by atoms with Crippen LogP contribution in [0.1, 0.15) is 13.3 Å². The number of thioether (sulfide) groups is 1. The molecule has 0 spiro atoms.